The molecular formula is C23H19FN4O5S2. The molecule has 9 nitrogen and oxygen atoms in total. The maximum atomic E-state index is 13.0. The molecule has 2 heterocycles. The number of esters is 1. The van der Waals surface area contributed by atoms with Crippen molar-refractivity contribution in [2.45, 2.75) is 13.8 Å². The molecule has 0 spiro atoms. The summed E-state index contributed by atoms with van der Waals surface area (Å²) in [5, 5.41) is 8.19. The molecule has 4 rings (SSSR count). The third kappa shape index (κ3) is 5.23. The molecule has 2 aromatic carbocycles. The van der Waals surface area contributed by atoms with E-state index in [1.54, 1.807) is 26.0 Å². The molecule has 0 aromatic heterocycles. The SMILES string of the molecule is CC(C)CS(=O)(=O)C1=NSC2=NC(=O)/C(=C\c3ccc(OC(=O)c4ccc(F)cc4)cc3)C(=N)N21. The Morgan fingerprint density at radius 1 is 1.17 bits per heavy atom. The van der Waals surface area contributed by atoms with E-state index in [0.29, 0.717) is 5.56 Å². The van der Waals surface area contributed by atoms with Crippen LogP contribution in [-0.2, 0) is 14.6 Å². The van der Waals surface area contributed by atoms with Crippen molar-refractivity contribution in [2.24, 2.45) is 15.3 Å². The molecule has 0 saturated heterocycles. The Bertz CT molecular complexity index is 1410. The summed E-state index contributed by atoms with van der Waals surface area (Å²) in [4.78, 5) is 29.7. The molecule has 0 radical (unpaired) electrons. The van der Waals surface area contributed by atoms with E-state index in [1.807, 2.05) is 0 Å². The first-order valence-electron chi connectivity index (χ1n) is 10.3. The average Bonchev–Trinajstić information content (AvgIpc) is 3.22. The molecular weight excluding hydrogens is 495 g/mol. The molecule has 0 bridgehead atoms. The van der Waals surface area contributed by atoms with Crippen molar-refractivity contribution in [1.82, 2.24) is 4.90 Å². The van der Waals surface area contributed by atoms with Crippen molar-refractivity contribution in [3.8, 4) is 5.75 Å². The summed E-state index contributed by atoms with van der Waals surface area (Å²) in [5.74, 6) is -2.27. The minimum Gasteiger partial charge on any atom is -0.423 e. The van der Waals surface area contributed by atoms with Gasteiger partial charge >= 0.3 is 5.97 Å². The van der Waals surface area contributed by atoms with Gasteiger partial charge in [0, 0.05) is 0 Å². The molecule has 180 valence electrons. The second kappa shape index (κ2) is 9.55. The number of hydrogen-bond donors (Lipinski definition) is 1. The van der Waals surface area contributed by atoms with E-state index in [4.69, 9.17) is 10.1 Å². The maximum Gasteiger partial charge on any atom is 0.343 e. The molecule has 0 aliphatic carbocycles. The zero-order valence-corrected chi connectivity index (χ0v) is 20.2. The van der Waals surface area contributed by atoms with Crippen LogP contribution in [0.2, 0.25) is 0 Å². The number of amidine groups is 3. The third-order valence-corrected chi connectivity index (χ3v) is 7.56. The highest BCUT2D eigenvalue weighted by Gasteiger charge is 2.42. The number of halogens is 1. The molecule has 2 aromatic rings. The first-order valence-corrected chi connectivity index (χ1v) is 12.8. The lowest BCUT2D eigenvalue weighted by Gasteiger charge is -2.24. The van der Waals surface area contributed by atoms with Gasteiger partial charge in [0.1, 0.15) is 17.4 Å². The predicted molar refractivity (Wildman–Crippen MR) is 131 cm³/mol. The molecule has 1 N–H and O–H groups in total. The average molecular weight is 515 g/mol. The highest BCUT2D eigenvalue weighted by atomic mass is 32.2. The fourth-order valence-corrected chi connectivity index (χ4v) is 5.99. The van der Waals surface area contributed by atoms with E-state index in [-0.39, 0.29) is 44.7 Å². The van der Waals surface area contributed by atoms with E-state index in [0.717, 1.165) is 29.0 Å². The van der Waals surface area contributed by atoms with E-state index >= 15 is 0 Å². The van der Waals surface area contributed by atoms with Gasteiger partial charge in [-0.25, -0.2) is 22.5 Å². The van der Waals surface area contributed by atoms with E-state index in [1.165, 1.54) is 30.3 Å². The lowest BCUT2D eigenvalue weighted by Crippen LogP contribution is -2.46. The van der Waals surface area contributed by atoms with Crippen molar-refractivity contribution in [1.29, 1.82) is 5.41 Å². The fourth-order valence-electron chi connectivity index (χ4n) is 3.26. The number of rotatable bonds is 5. The minimum atomic E-state index is -3.79. The zero-order valence-electron chi connectivity index (χ0n) is 18.6. The zero-order chi connectivity index (χ0) is 25.3. The minimum absolute atomic E-state index is 0.0162. The smallest absolute Gasteiger partial charge is 0.343 e. The fraction of sp³-hybridized carbons (Fsp3) is 0.174. The standard InChI is InChI=1S/C23H19FN4O5S2/c1-13(2)12-35(31,32)23-27-34-22-26-20(29)18(19(25)28(22)23)11-14-3-9-17(10-4-14)33-21(30)15-5-7-16(24)8-6-15/h3-11,13,25H,12H2,1-2H3/b18-11-,25-19?. The molecule has 0 fully saturated rings. The van der Waals surface area contributed by atoms with Crippen LogP contribution in [0.15, 0.2) is 63.5 Å². The van der Waals surface area contributed by atoms with E-state index < -0.39 is 27.5 Å². The van der Waals surface area contributed by atoms with Crippen LogP contribution in [0.5, 0.6) is 5.75 Å². The molecule has 12 heteroatoms. The van der Waals surface area contributed by atoms with Crippen LogP contribution in [0.25, 0.3) is 6.08 Å². The van der Waals surface area contributed by atoms with Gasteiger partial charge in [-0.15, -0.1) is 0 Å². The molecule has 2 aliphatic rings. The Morgan fingerprint density at radius 2 is 1.83 bits per heavy atom. The number of carbonyl (C=O) groups is 2. The van der Waals surface area contributed by atoms with Gasteiger partial charge in [0.2, 0.25) is 20.2 Å². The van der Waals surface area contributed by atoms with Gasteiger partial charge in [-0.2, -0.15) is 9.39 Å². The van der Waals surface area contributed by atoms with E-state index in [9.17, 15) is 22.4 Å². The summed E-state index contributed by atoms with van der Waals surface area (Å²) < 4.78 is 47.7. The second-order valence-corrected chi connectivity index (χ2v) is 10.7. The van der Waals surface area contributed by atoms with Crippen LogP contribution in [0.1, 0.15) is 29.8 Å². The van der Waals surface area contributed by atoms with Crippen molar-refractivity contribution < 1.29 is 27.1 Å². The van der Waals surface area contributed by atoms with Crippen LogP contribution in [-0.4, -0.2) is 47.1 Å². The van der Waals surface area contributed by atoms with Crippen LogP contribution in [0.3, 0.4) is 0 Å². The van der Waals surface area contributed by atoms with Gasteiger partial charge in [-0.1, -0.05) is 26.0 Å². The Morgan fingerprint density at radius 3 is 2.46 bits per heavy atom. The predicted octanol–water partition coefficient (Wildman–Crippen LogP) is 3.69. The highest BCUT2D eigenvalue weighted by molar-refractivity contribution is 8.16. The Hall–Kier alpha value is -3.64. The van der Waals surface area contributed by atoms with Crippen molar-refractivity contribution in [3.05, 3.63) is 71.0 Å². The van der Waals surface area contributed by atoms with Gasteiger partial charge in [0.15, 0.2) is 0 Å². The molecule has 0 unspecified atom stereocenters. The number of nitrogens with zero attached hydrogens (tertiary/aromatic N) is 3. The summed E-state index contributed by atoms with van der Waals surface area (Å²) in [6.45, 7) is 3.51. The molecule has 1 amide bonds. The molecule has 0 atom stereocenters. The first-order chi connectivity index (χ1) is 16.5. The summed E-state index contributed by atoms with van der Waals surface area (Å²) >= 11 is 0.737. The van der Waals surface area contributed by atoms with Gasteiger partial charge in [-0.3, -0.25) is 10.2 Å². The Labute approximate surface area is 205 Å². The van der Waals surface area contributed by atoms with Gasteiger partial charge in [0.05, 0.1) is 28.8 Å². The summed E-state index contributed by atoms with van der Waals surface area (Å²) in [6, 6.07) is 11.0. The van der Waals surface area contributed by atoms with Crippen LogP contribution >= 0.6 is 11.9 Å². The number of ether oxygens (including phenoxy) is 1. The number of carbonyl (C=O) groups excluding carboxylic acids is 2. The van der Waals surface area contributed by atoms with Gasteiger partial charge in [0.25, 0.3) is 5.91 Å². The highest BCUT2D eigenvalue weighted by Crippen LogP contribution is 2.30. The number of aliphatic imine (C=N–C) groups is 1. The first kappa shape index (κ1) is 24.5. The van der Waals surface area contributed by atoms with Crippen LogP contribution in [0, 0.1) is 17.1 Å². The van der Waals surface area contributed by atoms with Crippen LogP contribution in [0.4, 0.5) is 4.39 Å². The number of nitrogens with one attached hydrogen (secondary N) is 1. The van der Waals surface area contributed by atoms with Crippen LogP contribution < -0.4 is 4.74 Å². The summed E-state index contributed by atoms with van der Waals surface area (Å²) in [5.41, 5.74) is 0.564. The largest absolute Gasteiger partial charge is 0.423 e. The normalized spacial score (nSPS) is 16.9. The molecule has 0 saturated carbocycles. The van der Waals surface area contributed by atoms with Crippen molar-refractivity contribution >= 4 is 55.9 Å². The van der Waals surface area contributed by atoms with Crippen molar-refractivity contribution in [3.63, 3.8) is 0 Å². The number of fused-ring (bicyclic) bond motifs is 1. The second-order valence-electron chi connectivity index (χ2n) is 8.05. The number of amides is 1. The lowest BCUT2D eigenvalue weighted by atomic mass is 10.1. The summed E-state index contributed by atoms with van der Waals surface area (Å²) in [7, 11) is -3.79. The van der Waals surface area contributed by atoms with Crippen molar-refractivity contribution in [2.75, 3.05) is 5.75 Å². The molecule has 35 heavy (non-hydrogen) atoms. The van der Waals surface area contributed by atoms with E-state index in [2.05, 4.69) is 9.39 Å². The number of sulfone groups is 1. The quantitative estimate of drug-likeness (QED) is 0.279. The Kier molecular flexibility index (Phi) is 6.68. The lowest BCUT2D eigenvalue weighted by molar-refractivity contribution is -0.114. The summed E-state index contributed by atoms with van der Waals surface area (Å²) in [6.07, 6.45) is 1.40. The maximum absolute atomic E-state index is 13.0. The number of hydrogen-bond acceptors (Lipinski definition) is 8. The van der Waals surface area contributed by atoms with Gasteiger partial charge < -0.3 is 4.74 Å². The van der Waals surface area contributed by atoms with Gasteiger partial charge in [-0.05, 0) is 54.0 Å². The third-order valence-electron chi connectivity index (χ3n) is 4.81. The Balaban J connectivity index is 1.54. The molecule has 2 aliphatic heterocycles. The number of benzene rings is 2. The monoisotopic (exact) mass is 514 g/mol. The topological polar surface area (TPSA) is 129 Å².